The lowest BCUT2D eigenvalue weighted by atomic mass is 10.1. The van der Waals surface area contributed by atoms with Crippen molar-refractivity contribution < 1.29 is 23.0 Å². The van der Waals surface area contributed by atoms with Gasteiger partial charge in [0.1, 0.15) is 24.1 Å². The van der Waals surface area contributed by atoms with E-state index in [2.05, 4.69) is 0 Å². The molecule has 134 valence electrons. The summed E-state index contributed by atoms with van der Waals surface area (Å²) in [6, 6.07) is 9.65. The van der Waals surface area contributed by atoms with Crippen molar-refractivity contribution in [2.75, 3.05) is 24.6 Å². The van der Waals surface area contributed by atoms with Crippen LogP contribution in [0.25, 0.3) is 0 Å². The lowest BCUT2D eigenvalue weighted by Gasteiger charge is -2.37. The Labute approximate surface area is 147 Å². The number of aliphatic hydroxyl groups excluding tert-OH is 1. The van der Waals surface area contributed by atoms with E-state index in [-0.39, 0.29) is 18.1 Å². The highest BCUT2D eigenvalue weighted by molar-refractivity contribution is 7.93. The molecular weight excluding hydrogens is 342 g/mol. The molecule has 2 aromatic rings. The third kappa shape index (κ3) is 2.94. The summed E-state index contributed by atoms with van der Waals surface area (Å²) >= 11 is 0. The zero-order chi connectivity index (χ0) is 18.2. The molecule has 1 unspecified atom stereocenters. The first-order chi connectivity index (χ1) is 11.9. The van der Waals surface area contributed by atoms with Gasteiger partial charge in [-0.2, -0.15) is 0 Å². The number of anilines is 1. The summed E-state index contributed by atoms with van der Waals surface area (Å²) in [4.78, 5) is 0.225. The zero-order valence-electron chi connectivity index (χ0n) is 14.4. The Morgan fingerprint density at radius 2 is 1.88 bits per heavy atom. The number of methoxy groups -OCH3 is 1. The van der Waals surface area contributed by atoms with Gasteiger partial charge >= 0.3 is 0 Å². The molecule has 0 aromatic heterocycles. The lowest BCUT2D eigenvalue weighted by Crippen LogP contribution is -2.49. The Hall–Kier alpha value is -2.25. The van der Waals surface area contributed by atoms with Crippen LogP contribution in [-0.2, 0) is 10.0 Å². The van der Waals surface area contributed by atoms with Crippen LogP contribution in [0.2, 0.25) is 0 Å². The normalized spacial score (nSPS) is 17.0. The Morgan fingerprint density at radius 3 is 2.48 bits per heavy atom. The van der Waals surface area contributed by atoms with E-state index in [1.54, 1.807) is 57.4 Å². The maximum atomic E-state index is 13.5. The number of hydrogen-bond acceptors (Lipinski definition) is 5. The third-order valence-corrected chi connectivity index (χ3v) is 6.44. The molecule has 0 spiro atoms. The van der Waals surface area contributed by atoms with Crippen LogP contribution < -0.4 is 13.8 Å². The van der Waals surface area contributed by atoms with Crippen molar-refractivity contribution in [3.05, 3.63) is 47.5 Å². The average Bonchev–Trinajstić information content (AvgIpc) is 2.59. The Balaban J connectivity index is 2.20. The number of fused-ring (bicyclic) bond motifs is 1. The molecule has 2 aromatic carbocycles. The molecule has 1 aliphatic rings. The van der Waals surface area contributed by atoms with Crippen molar-refractivity contribution in [1.29, 1.82) is 0 Å². The zero-order valence-corrected chi connectivity index (χ0v) is 15.2. The van der Waals surface area contributed by atoms with Gasteiger partial charge in [-0.25, -0.2) is 8.42 Å². The van der Waals surface area contributed by atoms with Crippen molar-refractivity contribution in [3.8, 4) is 11.5 Å². The van der Waals surface area contributed by atoms with E-state index in [1.165, 1.54) is 4.31 Å². The van der Waals surface area contributed by atoms with Gasteiger partial charge < -0.3 is 14.6 Å². The van der Waals surface area contributed by atoms with Crippen LogP contribution in [0, 0.1) is 13.8 Å². The van der Waals surface area contributed by atoms with E-state index < -0.39 is 16.1 Å². The number of rotatable bonds is 4. The molecule has 1 aliphatic heterocycles. The van der Waals surface area contributed by atoms with Gasteiger partial charge in [0.05, 0.1) is 24.3 Å². The molecule has 7 heteroatoms. The minimum Gasteiger partial charge on any atom is -0.497 e. The fourth-order valence-corrected chi connectivity index (χ4v) is 5.26. The van der Waals surface area contributed by atoms with Crippen molar-refractivity contribution in [2.45, 2.75) is 24.8 Å². The molecule has 3 rings (SSSR count). The number of ether oxygens (including phenoxy) is 2. The van der Waals surface area contributed by atoms with Crippen molar-refractivity contribution in [3.63, 3.8) is 0 Å². The van der Waals surface area contributed by atoms with Crippen LogP contribution in [0.15, 0.2) is 41.3 Å². The minimum absolute atomic E-state index is 0.0982. The van der Waals surface area contributed by atoms with Crippen LogP contribution in [0.3, 0.4) is 0 Å². The summed E-state index contributed by atoms with van der Waals surface area (Å²) in [6.07, 6.45) is 0. The highest BCUT2D eigenvalue weighted by Crippen LogP contribution is 2.39. The van der Waals surface area contributed by atoms with Gasteiger partial charge in [0, 0.05) is 0 Å². The van der Waals surface area contributed by atoms with Gasteiger partial charge in [-0.05, 0) is 49.2 Å². The first kappa shape index (κ1) is 17.6. The summed E-state index contributed by atoms with van der Waals surface area (Å²) in [5.41, 5.74) is 1.62. The topological polar surface area (TPSA) is 76.1 Å². The lowest BCUT2D eigenvalue weighted by molar-refractivity contribution is 0.197. The van der Waals surface area contributed by atoms with Gasteiger partial charge in [-0.15, -0.1) is 0 Å². The van der Waals surface area contributed by atoms with Gasteiger partial charge in [0.25, 0.3) is 10.0 Å². The van der Waals surface area contributed by atoms with Crippen LogP contribution in [0.5, 0.6) is 11.5 Å². The second-order valence-electron chi connectivity index (χ2n) is 6.01. The number of benzene rings is 2. The number of hydrogen-bond donors (Lipinski definition) is 1. The summed E-state index contributed by atoms with van der Waals surface area (Å²) in [5.74, 6) is 1.09. The first-order valence-electron chi connectivity index (χ1n) is 7.92. The number of aryl methyl sites for hydroxylation is 2. The quantitative estimate of drug-likeness (QED) is 0.902. The molecule has 1 N–H and O–H groups in total. The fraction of sp³-hybridized carbons (Fsp3) is 0.333. The highest BCUT2D eigenvalue weighted by atomic mass is 32.2. The molecule has 25 heavy (non-hydrogen) atoms. The molecule has 6 nitrogen and oxygen atoms in total. The highest BCUT2D eigenvalue weighted by Gasteiger charge is 2.38. The Kier molecular flexibility index (Phi) is 4.62. The second kappa shape index (κ2) is 6.57. The van der Waals surface area contributed by atoms with Crippen LogP contribution in [0.4, 0.5) is 5.69 Å². The fourth-order valence-electron chi connectivity index (χ4n) is 3.20. The number of sulfonamides is 1. The predicted octanol–water partition coefficient (Wildman–Crippen LogP) is 2.26. The molecule has 0 fully saturated rings. The standard InChI is InChI=1S/C18H21NO5S/c1-12-8-15(23-3)9-13(2)18(12)25(21,22)19-14(10-20)11-24-17-7-5-4-6-16(17)19/h4-9,14,20H,10-11H2,1-3H3. The summed E-state index contributed by atoms with van der Waals surface area (Å²) in [6.45, 7) is 3.24. The molecule has 0 amide bonds. The Morgan fingerprint density at radius 1 is 1.24 bits per heavy atom. The van der Waals surface area contributed by atoms with Gasteiger partial charge in [0.2, 0.25) is 0 Å². The van der Waals surface area contributed by atoms with Gasteiger partial charge in [0.15, 0.2) is 0 Å². The number of aliphatic hydroxyl groups is 1. The maximum Gasteiger partial charge on any atom is 0.265 e. The Bertz CT molecular complexity index is 871. The molecule has 0 bridgehead atoms. The van der Waals surface area contributed by atoms with Crippen LogP contribution >= 0.6 is 0 Å². The molecular formula is C18H21NO5S. The van der Waals surface area contributed by atoms with E-state index in [1.807, 2.05) is 0 Å². The van der Waals surface area contributed by atoms with Crippen molar-refractivity contribution in [1.82, 2.24) is 0 Å². The monoisotopic (exact) mass is 363 g/mol. The molecule has 0 radical (unpaired) electrons. The predicted molar refractivity (Wildman–Crippen MR) is 94.9 cm³/mol. The summed E-state index contributed by atoms with van der Waals surface area (Å²) in [5, 5.41) is 9.71. The van der Waals surface area contributed by atoms with Crippen molar-refractivity contribution in [2.24, 2.45) is 0 Å². The first-order valence-corrected chi connectivity index (χ1v) is 9.36. The summed E-state index contributed by atoms with van der Waals surface area (Å²) in [7, 11) is -2.34. The largest absolute Gasteiger partial charge is 0.497 e. The smallest absolute Gasteiger partial charge is 0.265 e. The minimum atomic E-state index is -3.89. The second-order valence-corrected chi connectivity index (χ2v) is 7.76. The van der Waals surface area contributed by atoms with E-state index in [0.29, 0.717) is 28.3 Å². The van der Waals surface area contributed by atoms with E-state index in [4.69, 9.17) is 9.47 Å². The average molecular weight is 363 g/mol. The molecule has 0 saturated carbocycles. The molecule has 1 heterocycles. The van der Waals surface area contributed by atoms with Gasteiger partial charge in [-0.3, -0.25) is 4.31 Å². The number of nitrogens with zero attached hydrogens (tertiary/aromatic N) is 1. The molecule has 0 aliphatic carbocycles. The van der Waals surface area contributed by atoms with Crippen LogP contribution in [0.1, 0.15) is 11.1 Å². The van der Waals surface area contributed by atoms with E-state index >= 15 is 0 Å². The van der Waals surface area contributed by atoms with E-state index in [0.717, 1.165) is 0 Å². The van der Waals surface area contributed by atoms with Gasteiger partial charge in [-0.1, -0.05) is 12.1 Å². The molecule has 1 atom stereocenters. The molecule has 0 saturated heterocycles. The number of para-hydroxylation sites is 2. The van der Waals surface area contributed by atoms with Crippen LogP contribution in [-0.4, -0.2) is 39.9 Å². The summed E-state index contributed by atoms with van der Waals surface area (Å²) < 4.78 is 39.0. The van der Waals surface area contributed by atoms with Crippen molar-refractivity contribution >= 4 is 15.7 Å². The maximum absolute atomic E-state index is 13.5. The van der Waals surface area contributed by atoms with E-state index in [9.17, 15) is 13.5 Å². The SMILES string of the molecule is COc1cc(C)c(S(=O)(=O)N2c3ccccc3OCC2CO)c(C)c1. The third-order valence-electron chi connectivity index (χ3n) is 4.26.